The van der Waals surface area contributed by atoms with Crippen LogP contribution >= 0.6 is 0 Å². The SMILES string of the molecule is CC(=O)O[C@H]1[C@H](O)[C@H]2O[C@H]3C=C(C)C(=O)C(O)[C@@]3(CO)[C@@]1(C)[C@@]21CO1. The Balaban J connectivity index is 1.96. The van der Waals surface area contributed by atoms with E-state index >= 15 is 0 Å². The zero-order valence-corrected chi connectivity index (χ0v) is 14.3. The summed E-state index contributed by atoms with van der Waals surface area (Å²) < 4.78 is 17.1. The lowest BCUT2D eigenvalue weighted by atomic mass is 9.50. The summed E-state index contributed by atoms with van der Waals surface area (Å²) in [5, 5.41) is 32.0. The van der Waals surface area contributed by atoms with E-state index in [2.05, 4.69) is 0 Å². The second kappa shape index (κ2) is 4.89. The highest BCUT2D eigenvalue weighted by molar-refractivity contribution is 6.00. The Morgan fingerprint density at radius 1 is 1.44 bits per heavy atom. The molecule has 3 N–H and O–H groups in total. The van der Waals surface area contributed by atoms with E-state index < -0.39 is 65.3 Å². The van der Waals surface area contributed by atoms with Gasteiger partial charge >= 0.3 is 5.97 Å². The highest BCUT2D eigenvalue weighted by Crippen LogP contribution is 2.71. The smallest absolute Gasteiger partial charge is 0.303 e. The highest BCUT2D eigenvalue weighted by Gasteiger charge is 2.87. The first kappa shape index (κ1) is 17.1. The predicted octanol–water partition coefficient (Wildman–Crippen LogP) is -1.30. The number of hydrogen-bond acceptors (Lipinski definition) is 8. The number of rotatable bonds is 2. The van der Waals surface area contributed by atoms with Crippen molar-refractivity contribution in [3.63, 3.8) is 0 Å². The number of Topliss-reactive ketones (excluding diaryl/α,β-unsaturated/α-hetero) is 1. The Morgan fingerprint density at radius 2 is 2.08 bits per heavy atom. The van der Waals surface area contributed by atoms with Crippen molar-refractivity contribution in [1.82, 2.24) is 0 Å². The predicted molar refractivity (Wildman–Crippen MR) is 81.3 cm³/mol. The van der Waals surface area contributed by atoms with Gasteiger partial charge in [-0.2, -0.15) is 0 Å². The maximum Gasteiger partial charge on any atom is 0.303 e. The summed E-state index contributed by atoms with van der Waals surface area (Å²) in [7, 11) is 0. The minimum absolute atomic E-state index is 0.223. The van der Waals surface area contributed by atoms with Crippen molar-refractivity contribution in [3.8, 4) is 0 Å². The number of ketones is 1. The van der Waals surface area contributed by atoms with Crippen LogP contribution in [0.1, 0.15) is 20.8 Å². The van der Waals surface area contributed by atoms with Crippen LogP contribution in [0.3, 0.4) is 0 Å². The average Bonchev–Trinajstić information content (AvgIpc) is 3.33. The molecule has 4 rings (SSSR count). The van der Waals surface area contributed by atoms with E-state index in [0.717, 1.165) is 0 Å². The van der Waals surface area contributed by atoms with Crippen LogP contribution in [0.15, 0.2) is 11.6 Å². The number of ether oxygens (including phenoxy) is 3. The molecular weight excluding hydrogens is 332 g/mol. The van der Waals surface area contributed by atoms with Gasteiger partial charge in [0.1, 0.15) is 30.0 Å². The molecule has 8 nitrogen and oxygen atoms in total. The van der Waals surface area contributed by atoms with Gasteiger partial charge in [0, 0.05) is 6.92 Å². The van der Waals surface area contributed by atoms with E-state index in [1.807, 2.05) is 0 Å². The molecule has 25 heavy (non-hydrogen) atoms. The summed E-state index contributed by atoms with van der Waals surface area (Å²) in [6, 6.07) is 0. The van der Waals surface area contributed by atoms with Crippen molar-refractivity contribution in [1.29, 1.82) is 0 Å². The first-order valence-electron chi connectivity index (χ1n) is 8.33. The molecule has 2 aliphatic heterocycles. The van der Waals surface area contributed by atoms with E-state index in [9.17, 15) is 24.9 Å². The van der Waals surface area contributed by atoms with Gasteiger partial charge in [0.2, 0.25) is 0 Å². The van der Waals surface area contributed by atoms with Crippen molar-refractivity contribution in [3.05, 3.63) is 11.6 Å². The number of carbonyl (C=O) groups is 2. The van der Waals surface area contributed by atoms with E-state index in [1.54, 1.807) is 19.9 Å². The molecule has 0 aromatic rings. The molecule has 2 heterocycles. The Bertz CT molecular complexity index is 682. The number of epoxide rings is 1. The third kappa shape index (κ3) is 1.65. The van der Waals surface area contributed by atoms with Crippen LogP contribution < -0.4 is 0 Å². The standard InChI is InChI=1S/C17H22O8/c1-7-4-9-16(5-18,12(22)10(7)20)15(3)13(24-8(2)19)11(21)14(25-9)17(15)6-23-17/h4,9,11-14,18,21-22H,5-6H2,1-3H3/t9-,11-,12?,13-,14+,15-,16-,17+/m0/s1. The lowest BCUT2D eigenvalue weighted by Gasteiger charge is -2.58. The lowest BCUT2D eigenvalue weighted by Crippen LogP contribution is -2.72. The van der Waals surface area contributed by atoms with Gasteiger partial charge in [-0.3, -0.25) is 9.59 Å². The van der Waals surface area contributed by atoms with Gasteiger partial charge in [0.25, 0.3) is 0 Å². The molecule has 4 aliphatic rings. The molecule has 0 amide bonds. The summed E-state index contributed by atoms with van der Waals surface area (Å²) in [6.07, 6.45) is -3.87. The second-order valence-electron chi connectivity index (χ2n) is 7.69. The van der Waals surface area contributed by atoms with Gasteiger partial charge in [-0.1, -0.05) is 6.92 Å². The number of carbonyl (C=O) groups excluding carboxylic acids is 2. The van der Waals surface area contributed by atoms with E-state index in [-0.39, 0.29) is 6.61 Å². The van der Waals surface area contributed by atoms with E-state index in [1.165, 1.54) is 6.92 Å². The molecule has 8 atom stereocenters. The number of aliphatic hydroxyl groups is 3. The van der Waals surface area contributed by atoms with Crippen LogP contribution in [0, 0.1) is 10.8 Å². The minimum Gasteiger partial charge on any atom is -0.459 e. The van der Waals surface area contributed by atoms with Crippen molar-refractivity contribution in [2.45, 2.75) is 56.9 Å². The van der Waals surface area contributed by atoms with Crippen LogP contribution in [0.2, 0.25) is 0 Å². The molecule has 8 heteroatoms. The van der Waals surface area contributed by atoms with E-state index in [0.29, 0.717) is 5.57 Å². The normalized spacial score (nSPS) is 53.4. The van der Waals surface area contributed by atoms with E-state index in [4.69, 9.17) is 14.2 Å². The fourth-order valence-corrected chi connectivity index (χ4v) is 5.37. The third-order valence-corrected chi connectivity index (χ3v) is 6.83. The molecule has 3 fully saturated rings. The van der Waals surface area contributed by atoms with Gasteiger partial charge in [-0.15, -0.1) is 0 Å². The zero-order chi connectivity index (χ0) is 18.4. The van der Waals surface area contributed by atoms with Crippen LogP contribution in [-0.2, 0) is 23.8 Å². The number of hydrogen-bond donors (Lipinski definition) is 3. The topological polar surface area (TPSA) is 126 Å². The van der Waals surface area contributed by atoms with Gasteiger partial charge in [-0.05, 0) is 18.6 Å². The second-order valence-corrected chi connectivity index (χ2v) is 7.69. The fraction of sp³-hybridized carbons (Fsp3) is 0.765. The lowest BCUT2D eigenvalue weighted by molar-refractivity contribution is -0.255. The Morgan fingerprint density at radius 3 is 2.60 bits per heavy atom. The first-order chi connectivity index (χ1) is 11.7. The van der Waals surface area contributed by atoms with Crippen molar-refractivity contribution < 1.29 is 39.1 Å². The van der Waals surface area contributed by atoms with Crippen LogP contribution in [0.25, 0.3) is 0 Å². The molecule has 1 saturated carbocycles. The molecule has 1 unspecified atom stereocenters. The highest BCUT2D eigenvalue weighted by atomic mass is 16.7. The fourth-order valence-electron chi connectivity index (χ4n) is 5.37. The first-order valence-corrected chi connectivity index (χ1v) is 8.33. The molecule has 2 aliphatic carbocycles. The maximum absolute atomic E-state index is 12.5. The third-order valence-electron chi connectivity index (χ3n) is 6.83. The zero-order valence-electron chi connectivity index (χ0n) is 14.3. The Kier molecular flexibility index (Phi) is 3.35. The molecule has 0 radical (unpaired) electrons. The van der Waals surface area contributed by atoms with Crippen LogP contribution in [0.5, 0.6) is 0 Å². The number of fused-ring (bicyclic) bond motifs is 2. The summed E-state index contributed by atoms with van der Waals surface area (Å²) >= 11 is 0. The number of aliphatic hydroxyl groups excluding tert-OH is 3. The summed E-state index contributed by atoms with van der Waals surface area (Å²) in [6.45, 7) is 4.11. The van der Waals surface area contributed by atoms with Gasteiger partial charge in [0.15, 0.2) is 5.78 Å². The molecule has 0 aromatic heterocycles. The van der Waals surface area contributed by atoms with Gasteiger partial charge in [-0.25, -0.2) is 0 Å². The van der Waals surface area contributed by atoms with Crippen molar-refractivity contribution in [2.24, 2.45) is 10.8 Å². The van der Waals surface area contributed by atoms with Crippen LogP contribution in [-0.4, -0.2) is 76.4 Å². The molecule has 0 aromatic carbocycles. The summed E-state index contributed by atoms with van der Waals surface area (Å²) in [5.41, 5.74) is -3.39. The maximum atomic E-state index is 12.5. The van der Waals surface area contributed by atoms with Crippen LogP contribution in [0.4, 0.5) is 0 Å². The van der Waals surface area contributed by atoms with Gasteiger partial charge in [0.05, 0.1) is 30.1 Å². The Hall–Kier alpha value is -1.32. The molecule has 2 bridgehead atoms. The van der Waals surface area contributed by atoms with Crippen molar-refractivity contribution >= 4 is 11.8 Å². The van der Waals surface area contributed by atoms with Crippen molar-refractivity contribution in [2.75, 3.05) is 13.2 Å². The summed E-state index contributed by atoms with van der Waals surface area (Å²) in [5.74, 6) is -1.13. The quantitative estimate of drug-likeness (QED) is 0.413. The summed E-state index contributed by atoms with van der Waals surface area (Å²) in [4.78, 5) is 24.1. The monoisotopic (exact) mass is 354 g/mol. The molecule has 138 valence electrons. The minimum atomic E-state index is -1.57. The molecule has 1 spiro atoms. The van der Waals surface area contributed by atoms with Gasteiger partial charge < -0.3 is 29.5 Å². The molecular formula is C17H22O8. The number of esters is 1. The Labute approximate surface area is 144 Å². The average molecular weight is 354 g/mol. The largest absolute Gasteiger partial charge is 0.459 e. The molecule has 2 saturated heterocycles.